The van der Waals surface area contributed by atoms with Crippen molar-refractivity contribution >= 4 is 22.2 Å². The molecule has 0 aliphatic rings. The van der Waals surface area contributed by atoms with Gasteiger partial charge in [0.1, 0.15) is 6.29 Å². The Morgan fingerprint density at radius 1 is 1.60 bits per heavy atom. The summed E-state index contributed by atoms with van der Waals surface area (Å²) in [6.07, 6.45) is 5.97. The molecule has 54 valence electrons. The van der Waals surface area contributed by atoms with Gasteiger partial charge in [0.05, 0.1) is 0 Å². The summed E-state index contributed by atoms with van der Waals surface area (Å²) in [5.41, 5.74) is 0.615. The maximum atomic E-state index is 10.2. The predicted octanol–water partition coefficient (Wildman–Crippen LogP) is 2.60. The van der Waals surface area contributed by atoms with Gasteiger partial charge in [-0.3, -0.25) is 4.79 Å². The molecular formula is C8H9BrO. The van der Waals surface area contributed by atoms with Crippen LogP contribution in [-0.2, 0) is 4.79 Å². The second-order valence-corrected chi connectivity index (χ2v) is 2.73. The molecule has 0 aromatic carbocycles. The zero-order valence-corrected chi connectivity index (χ0v) is 7.39. The van der Waals surface area contributed by atoms with E-state index in [1.807, 2.05) is 6.92 Å². The van der Waals surface area contributed by atoms with Crippen LogP contribution in [0.25, 0.3) is 0 Å². The van der Waals surface area contributed by atoms with Gasteiger partial charge in [-0.2, -0.15) is 0 Å². The second kappa shape index (κ2) is 5.18. The average molecular weight is 201 g/mol. The molecule has 10 heavy (non-hydrogen) atoms. The molecule has 0 bridgehead atoms. The first-order chi connectivity index (χ1) is 4.70. The Morgan fingerprint density at radius 3 is 2.50 bits per heavy atom. The fourth-order valence-electron chi connectivity index (χ4n) is 0.495. The molecule has 0 radical (unpaired) electrons. The summed E-state index contributed by atoms with van der Waals surface area (Å²) in [5, 5.41) is 0. The van der Waals surface area contributed by atoms with E-state index in [1.54, 1.807) is 18.2 Å². The van der Waals surface area contributed by atoms with Crippen LogP contribution in [0, 0.1) is 0 Å². The number of rotatable bonds is 3. The number of halogens is 1. The molecule has 0 saturated heterocycles. The molecule has 0 N–H and O–H groups in total. The molecule has 0 aliphatic heterocycles. The zero-order valence-electron chi connectivity index (χ0n) is 5.80. The minimum Gasteiger partial charge on any atom is -0.298 e. The highest BCUT2D eigenvalue weighted by Gasteiger charge is 1.86. The summed E-state index contributed by atoms with van der Waals surface area (Å²) in [4.78, 5) is 10.2. The Kier molecular flexibility index (Phi) is 4.85. The van der Waals surface area contributed by atoms with Gasteiger partial charge in [-0.05, 0) is 13.0 Å². The number of carbonyl (C=O) groups excluding carboxylic acids is 1. The van der Waals surface area contributed by atoms with Crippen LogP contribution in [0.3, 0.4) is 0 Å². The van der Waals surface area contributed by atoms with Crippen molar-refractivity contribution in [2.24, 2.45) is 0 Å². The lowest BCUT2D eigenvalue weighted by atomic mass is 10.2. The molecule has 0 heterocycles. The molecule has 0 aromatic heterocycles. The molecule has 0 aromatic rings. The highest BCUT2D eigenvalue weighted by Crippen LogP contribution is 2.06. The molecule has 0 amide bonds. The van der Waals surface area contributed by atoms with E-state index in [9.17, 15) is 4.79 Å². The van der Waals surface area contributed by atoms with Crippen molar-refractivity contribution in [3.63, 3.8) is 0 Å². The molecule has 1 nitrogen and oxygen atoms in total. The van der Waals surface area contributed by atoms with E-state index < -0.39 is 0 Å². The first-order valence-electron chi connectivity index (χ1n) is 2.84. The van der Waals surface area contributed by atoms with Gasteiger partial charge >= 0.3 is 0 Å². The summed E-state index contributed by atoms with van der Waals surface area (Å²) in [7, 11) is 0. The van der Waals surface area contributed by atoms with Crippen LogP contribution in [0.15, 0.2) is 34.9 Å². The monoisotopic (exact) mass is 200 g/mol. The highest BCUT2D eigenvalue weighted by molar-refractivity contribution is 9.11. The minimum absolute atomic E-state index is 0.615. The van der Waals surface area contributed by atoms with Crippen LogP contribution in [0.2, 0.25) is 0 Å². The predicted molar refractivity (Wildman–Crippen MR) is 47.0 cm³/mol. The third-order valence-corrected chi connectivity index (χ3v) is 1.05. The van der Waals surface area contributed by atoms with Crippen molar-refractivity contribution in [1.29, 1.82) is 0 Å². The lowest BCUT2D eigenvalue weighted by Crippen LogP contribution is -1.77. The van der Waals surface area contributed by atoms with Crippen molar-refractivity contribution in [2.45, 2.75) is 6.92 Å². The normalized spacial score (nSPS) is 12.0. The lowest BCUT2D eigenvalue weighted by molar-refractivity contribution is -0.104. The maximum absolute atomic E-state index is 10.2. The van der Waals surface area contributed by atoms with E-state index in [4.69, 9.17) is 0 Å². The number of carbonyl (C=O) groups is 1. The fourth-order valence-corrected chi connectivity index (χ4v) is 0.759. The molecule has 2 heteroatoms. The van der Waals surface area contributed by atoms with Gasteiger partial charge in [0.2, 0.25) is 0 Å². The van der Waals surface area contributed by atoms with Crippen molar-refractivity contribution in [2.75, 3.05) is 0 Å². The van der Waals surface area contributed by atoms with Crippen molar-refractivity contribution < 1.29 is 4.79 Å². The van der Waals surface area contributed by atoms with Gasteiger partial charge in [0.15, 0.2) is 0 Å². The minimum atomic E-state index is 0.615. The third-order valence-electron chi connectivity index (χ3n) is 0.818. The number of hydrogen-bond donors (Lipinski definition) is 0. The van der Waals surface area contributed by atoms with Gasteiger partial charge in [-0.15, -0.1) is 0 Å². The molecule has 0 atom stereocenters. The molecule has 0 unspecified atom stereocenters. The Morgan fingerprint density at radius 2 is 2.20 bits per heavy atom. The largest absolute Gasteiger partial charge is 0.298 e. The van der Waals surface area contributed by atoms with E-state index in [-0.39, 0.29) is 0 Å². The van der Waals surface area contributed by atoms with E-state index in [0.717, 1.165) is 6.29 Å². The summed E-state index contributed by atoms with van der Waals surface area (Å²) in [6.45, 7) is 5.43. The van der Waals surface area contributed by atoms with E-state index in [2.05, 4.69) is 22.5 Å². The Bertz CT molecular complexity index is 189. The van der Waals surface area contributed by atoms with Crippen molar-refractivity contribution in [3.05, 3.63) is 34.9 Å². The van der Waals surface area contributed by atoms with Crippen LogP contribution >= 0.6 is 15.9 Å². The fraction of sp³-hybridized carbons (Fsp3) is 0.125. The van der Waals surface area contributed by atoms with E-state index >= 15 is 0 Å². The van der Waals surface area contributed by atoms with Crippen LogP contribution < -0.4 is 0 Å². The molecule has 0 saturated carbocycles. The maximum Gasteiger partial charge on any atom is 0.150 e. The van der Waals surface area contributed by atoms with Gasteiger partial charge in [-0.25, -0.2) is 0 Å². The van der Waals surface area contributed by atoms with Crippen LogP contribution in [-0.4, -0.2) is 6.29 Å². The van der Waals surface area contributed by atoms with Crippen molar-refractivity contribution in [3.8, 4) is 0 Å². The summed E-state index contributed by atoms with van der Waals surface area (Å²) < 4.78 is 0.702. The van der Waals surface area contributed by atoms with Gasteiger partial charge in [-0.1, -0.05) is 34.7 Å². The number of allylic oxidation sites excluding steroid dienone is 5. The highest BCUT2D eigenvalue weighted by atomic mass is 79.9. The Hall–Kier alpha value is -0.630. The van der Waals surface area contributed by atoms with Crippen LogP contribution in [0.4, 0.5) is 0 Å². The summed E-state index contributed by atoms with van der Waals surface area (Å²) in [5.74, 6) is 0. The van der Waals surface area contributed by atoms with Gasteiger partial charge in [0, 0.05) is 10.1 Å². The average Bonchev–Trinajstić information content (AvgIpc) is 1.86. The molecule has 0 aliphatic carbocycles. The van der Waals surface area contributed by atoms with Gasteiger partial charge in [0.25, 0.3) is 0 Å². The smallest absolute Gasteiger partial charge is 0.150 e. The SMILES string of the molecule is C=C(Br)/C=C(C=O)\C=C/C. The Balaban J connectivity index is 4.33. The first-order valence-corrected chi connectivity index (χ1v) is 3.64. The molecule has 0 spiro atoms. The summed E-state index contributed by atoms with van der Waals surface area (Å²) >= 11 is 3.12. The zero-order chi connectivity index (χ0) is 7.98. The van der Waals surface area contributed by atoms with Gasteiger partial charge < -0.3 is 0 Å². The summed E-state index contributed by atoms with van der Waals surface area (Å²) in [6, 6.07) is 0. The molecular weight excluding hydrogens is 192 g/mol. The van der Waals surface area contributed by atoms with E-state index in [0.29, 0.717) is 10.1 Å². The first kappa shape index (κ1) is 9.37. The van der Waals surface area contributed by atoms with Crippen LogP contribution in [0.1, 0.15) is 6.92 Å². The second-order valence-electron chi connectivity index (χ2n) is 1.71. The van der Waals surface area contributed by atoms with Crippen LogP contribution in [0.5, 0.6) is 0 Å². The lowest BCUT2D eigenvalue weighted by Gasteiger charge is -1.86. The quantitative estimate of drug-likeness (QED) is 0.389. The van der Waals surface area contributed by atoms with Crippen molar-refractivity contribution in [1.82, 2.24) is 0 Å². The Labute approximate surface area is 69.3 Å². The third kappa shape index (κ3) is 4.27. The standard InChI is InChI=1S/C8H9BrO/c1-3-4-8(6-10)5-7(2)9/h3-6H,2H2,1H3/b4-3-,8-5+. The number of hydrogen-bond acceptors (Lipinski definition) is 1. The topological polar surface area (TPSA) is 17.1 Å². The molecule has 0 fully saturated rings. The number of aldehydes is 1. The molecule has 0 rings (SSSR count). The van der Waals surface area contributed by atoms with E-state index in [1.165, 1.54) is 0 Å².